The lowest BCUT2D eigenvalue weighted by Crippen LogP contribution is -2.35. The number of ether oxygens (including phenoxy) is 3. The van der Waals surface area contributed by atoms with E-state index in [1.54, 1.807) is 18.8 Å². The molecule has 5 nitrogen and oxygen atoms in total. The van der Waals surface area contributed by atoms with E-state index in [9.17, 15) is 0 Å². The Labute approximate surface area is 200 Å². The zero-order valence-corrected chi connectivity index (χ0v) is 19.2. The Morgan fingerprint density at radius 3 is 2.85 bits per heavy atom. The fourth-order valence-corrected chi connectivity index (χ4v) is 4.41. The van der Waals surface area contributed by atoms with E-state index in [4.69, 9.17) is 14.2 Å². The van der Waals surface area contributed by atoms with Gasteiger partial charge in [0, 0.05) is 17.1 Å². The summed E-state index contributed by atoms with van der Waals surface area (Å²) in [6.45, 7) is 1.44. The molecule has 0 spiro atoms. The molecule has 0 bridgehead atoms. The SMILES string of the molecule is C1=CCCC(C(NCCCc2c[nH]c3ccc(OCc4ccccc4)cc23)C2=COC=CO2)=C1. The Kier molecular flexibility index (Phi) is 7.12. The van der Waals surface area contributed by atoms with E-state index in [0.717, 1.165) is 49.3 Å². The smallest absolute Gasteiger partial charge is 0.159 e. The Morgan fingerprint density at radius 1 is 1.09 bits per heavy atom. The summed E-state index contributed by atoms with van der Waals surface area (Å²) in [4.78, 5) is 3.40. The first-order valence-electron chi connectivity index (χ1n) is 11.9. The number of allylic oxidation sites excluding steroid dienone is 3. The summed E-state index contributed by atoms with van der Waals surface area (Å²) >= 11 is 0. The number of rotatable bonds is 10. The molecule has 1 aliphatic heterocycles. The normalized spacial score (nSPS) is 15.9. The fourth-order valence-electron chi connectivity index (χ4n) is 4.41. The van der Waals surface area contributed by atoms with Crippen molar-refractivity contribution in [2.75, 3.05) is 6.54 Å². The number of aromatic amines is 1. The van der Waals surface area contributed by atoms with Gasteiger partial charge in [-0.3, -0.25) is 0 Å². The average Bonchev–Trinajstić information content (AvgIpc) is 3.31. The van der Waals surface area contributed by atoms with Crippen LogP contribution in [0.15, 0.2) is 103 Å². The highest BCUT2D eigenvalue weighted by atomic mass is 16.5. The zero-order valence-electron chi connectivity index (χ0n) is 19.2. The molecule has 0 saturated heterocycles. The summed E-state index contributed by atoms with van der Waals surface area (Å²) in [7, 11) is 0. The van der Waals surface area contributed by atoms with Crippen molar-refractivity contribution in [3.63, 3.8) is 0 Å². The molecule has 2 heterocycles. The molecule has 3 aromatic rings. The van der Waals surface area contributed by atoms with Gasteiger partial charge in [0.15, 0.2) is 5.76 Å². The largest absolute Gasteiger partial charge is 0.489 e. The maximum atomic E-state index is 6.04. The van der Waals surface area contributed by atoms with Crippen molar-refractivity contribution < 1.29 is 14.2 Å². The maximum Gasteiger partial charge on any atom is 0.159 e. The first kappa shape index (κ1) is 22.1. The van der Waals surface area contributed by atoms with Crippen LogP contribution in [0.2, 0.25) is 0 Å². The van der Waals surface area contributed by atoms with Gasteiger partial charge in [0.25, 0.3) is 0 Å². The van der Waals surface area contributed by atoms with Gasteiger partial charge >= 0.3 is 0 Å². The number of aromatic nitrogens is 1. The van der Waals surface area contributed by atoms with Gasteiger partial charge in [-0.25, -0.2) is 0 Å². The molecule has 2 aliphatic rings. The van der Waals surface area contributed by atoms with Gasteiger partial charge in [0.05, 0.1) is 6.04 Å². The Hall–Kier alpha value is -3.70. The highest BCUT2D eigenvalue weighted by Gasteiger charge is 2.22. The van der Waals surface area contributed by atoms with Crippen LogP contribution in [0.3, 0.4) is 0 Å². The predicted molar refractivity (Wildman–Crippen MR) is 135 cm³/mol. The van der Waals surface area contributed by atoms with E-state index < -0.39 is 0 Å². The van der Waals surface area contributed by atoms with Gasteiger partial charge in [-0.05, 0) is 67.1 Å². The number of aryl methyl sites for hydroxylation is 1. The highest BCUT2D eigenvalue weighted by Crippen LogP contribution is 2.26. The number of fused-ring (bicyclic) bond motifs is 1. The van der Waals surface area contributed by atoms with Gasteiger partial charge in [0.1, 0.15) is 31.1 Å². The molecule has 5 heteroatoms. The van der Waals surface area contributed by atoms with E-state index in [-0.39, 0.29) is 6.04 Å². The quantitative estimate of drug-likeness (QED) is 0.354. The molecular formula is C29H30N2O3. The molecule has 174 valence electrons. The molecule has 1 aromatic heterocycles. The van der Waals surface area contributed by atoms with E-state index in [2.05, 4.69) is 59.0 Å². The molecule has 1 aliphatic carbocycles. The van der Waals surface area contributed by atoms with Gasteiger partial charge in [-0.2, -0.15) is 0 Å². The molecule has 0 saturated carbocycles. The second-order valence-corrected chi connectivity index (χ2v) is 8.54. The average molecular weight is 455 g/mol. The minimum Gasteiger partial charge on any atom is -0.489 e. The van der Waals surface area contributed by atoms with Crippen molar-refractivity contribution in [2.45, 2.75) is 38.3 Å². The molecule has 34 heavy (non-hydrogen) atoms. The summed E-state index contributed by atoms with van der Waals surface area (Å²) in [5, 5.41) is 4.90. The first-order chi connectivity index (χ1) is 16.9. The van der Waals surface area contributed by atoms with Crippen molar-refractivity contribution in [3.8, 4) is 5.75 Å². The monoisotopic (exact) mass is 454 g/mol. The Bertz CT molecular complexity index is 1220. The Morgan fingerprint density at radius 2 is 2.03 bits per heavy atom. The first-order valence-corrected chi connectivity index (χ1v) is 11.9. The van der Waals surface area contributed by atoms with Crippen LogP contribution in [0.25, 0.3) is 10.9 Å². The lowest BCUT2D eigenvalue weighted by molar-refractivity contribution is 0.233. The van der Waals surface area contributed by atoms with Crippen LogP contribution in [0.1, 0.15) is 30.4 Å². The van der Waals surface area contributed by atoms with Crippen LogP contribution in [0, 0.1) is 0 Å². The van der Waals surface area contributed by atoms with Crippen LogP contribution in [-0.4, -0.2) is 17.6 Å². The van der Waals surface area contributed by atoms with Gasteiger partial charge in [-0.15, -0.1) is 0 Å². The van der Waals surface area contributed by atoms with Gasteiger partial charge in [0.2, 0.25) is 0 Å². The molecule has 0 radical (unpaired) electrons. The second-order valence-electron chi connectivity index (χ2n) is 8.54. The second kappa shape index (κ2) is 10.9. The molecule has 1 atom stereocenters. The third kappa shape index (κ3) is 5.43. The summed E-state index contributed by atoms with van der Waals surface area (Å²) in [5.41, 5.74) is 4.92. The van der Waals surface area contributed by atoms with Crippen molar-refractivity contribution >= 4 is 10.9 Å². The van der Waals surface area contributed by atoms with Crippen molar-refractivity contribution in [3.05, 3.63) is 114 Å². The van der Waals surface area contributed by atoms with E-state index >= 15 is 0 Å². The minimum absolute atomic E-state index is 0.0239. The third-order valence-electron chi connectivity index (χ3n) is 6.18. The van der Waals surface area contributed by atoms with E-state index in [0.29, 0.717) is 6.61 Å². The molecule has 0 amide bonds. The molecule has 5 rings (SSSR count). The van der Waals surface area contributed by atoms with E-state index in [1.165, 1.54) is 22.1 Å². The van der Waals surface area contributed by atoms with Gasteiger partial charge in [-0.1, -0.05) is 48.6 Å². The van der Waals surface area contributed by atoms with Crippen LogP contribution < -0.4 is 10.1 Å². The molecule has 0 fully saturated rings. The van der Waals surface area contributed by atoms with Crippen molar-refractivity contribution in [1.82, 2.24) is 10.3 Å². The third-order valence-corrected chi connectivity index (χ3v) is 6.18. The van der Waals surface area contributed by atoms with Crippen LogP contribution in [-0.2, 0) is 22.5 Å². The van der Waals surface area contributed by atoms with Crippen LogP contribution in [0.4, 0.5) is 0 Å². The maximum absolute atomic E-state index is 6.04. The Balaban J connectivity index is 1.20. The lowest BCUT2D eigenvalue weighted by Gasteiger charge is -2.25. The molecule has 1 unspecified atom stereocenters. The minimum atomic E-state index is 0.0239. The number of hydrogen-bond donors (Lipinski definition) is 2. The van der Waals surface area contributed by atoms with Crippen molar-refractivity contribution in [2.24, 2.45) is 0 Å². The summed E-state index contributed by atoms with van der Waals surface area (Å²) < 4.78 is 17.1. The zero-order chi connectivity index (χ0) is 23.0. The molecule has 2 aromatic carbocycles. The summed E-state index contributed by atoms with van der Waals surface area (Å²) in [6.07, 6.45) is 17.5. The van der Waals surface area contributed by atoms with E-state index in [1.807, 2.05) is 24.3 Å². The van der Waals surface area contributed by atoms with Gasteiger partial charge < -0.3 is 24.5 Å². The highest BCUT2D eigenvalue weighted by molar-refractivity contribution is 5.84. The topological polar surface area (TPSA) is 55.5 Å². The fraction of sp³-hybridized carbons (Fsp3) is 0.241. The molecule has 2 N–H and O–H groups in total. The lowest BCUT2D eigenvalue weighted by atomic mass is 9.96. The number of H-pyrrole nitrogens is 1. The standard InChI is InChI=1S/C29H30N2O3/c1-3-8-22(9-4-1)20-34-25-13-14-27-26(18-25)24(19-31-27)12-7-15-30-29(23-10-5-2-6-11-23)28-21-32-16-17-33-28/h1-5,8-10,13-14,16-19,21,29-31H,6-7,11-12,15,20H2. The number of benzene rings is 2. The van der Waals surface area contributed by atoms with Crippen LogP contribution >= 0.6 is 0 Å². The van der Waals surface area contributed by atoms with Crippen LogP contribution in [0.5, 0.6) is 5.75 Å². The number of hydrogen-bond acceptors (Lipinski definition) is 4. The number of nitrogens with one attached hydrogen (secondary N) is 2. The van der Waals surface area contributed by atoms with Crippen molar-refractivity contribution in [1.29, 1.82) is 0 Å². The predicted octanol–water partition coefficient (Wildman–Crippen LogP) is 6.27. The summed E-state index contributed by atoms with van der Waals surface area (Å²) in [5.74, 6) is 1.69. The summed E-state index contributed by atoms with van der Waals surface area (Å²) in [6, 6.07) is 16.5. The molecular weight excluding hydrogens is 424 g/mol.